The molecule has 104 valence electrons. The molecule has 0 saturated carbocycles. The van der Waals surface area contributed by atoms with E-state index in [4.69, 9.17) is 5.11 Å². The predicted octanol–water partition coefficient (Wildman–Crippen LogP) is 0.0952. The largest absolute Gasteiger partial charge is 0.480 e. The van der Waals surface area contributed by atoms with Crippen molar-refractivity contribution in [2.75, 3.05) is 6.54 Å². The average molecular weight is 270 g/mol. The number of carbonyl (C=O) groups excluding carboxylic acids is 1. The first-order valence-electron chi connectivity index (χ1n) is 5.58. The average Bonchev–Trinajstić information content (AvgIpc) is 2.64. The Morgan fingerprint density at radius 3 is 2.63 bits per heavy atom. The number of carboxylic acids is 1. The Hall–Kier alpha value is -2.45. The molecule has 0 bridgehead atoms. The van der Waals surface area contributed by atoms with Gasteiger partial charge in [0.1, 0.15) is 12.2 Å². The Balaban J connectivity index is 3.13. The number of nitrogens with one attached hydrogen (secondary N) is 1. The third-order valence-electron chi connectivity index (χ3n) is 2.42. The zero-order valence-corrected chi connectivity index (χ0v) is 10.5. The molecular weight excluding hydrogens is 256 g/mol. The number of aryl methyl sites for hydroxylation is 1. The highest BCUT2D eigenvalue weighted by molar-refractivity contribution is 5.97. The van der Waals surface area contributed by atoms with E-state index in [1.54, 1.807) is 0 Å². The van der Waals surface area contributed by atoms with Gasteiger partial charge in [-0.15, -0.1) is 0 Å². The van der Waals surface area contributed by atoms with Crippen molar-refractivity contribution < 1.29 is 19.6 Å². The summed E-state index contributed by atoms with van der Waals surface area (Å²) in [5.41, 5.74) is -0.391. The van der Waals surface area contributed by atoms with Crippen LogP contribution in [0.4, 0.5) is 5.69 Å². The van der Waals surface area contributed by atoms with Gasteiger partial charge in [0.2, 0.25) is 5.69 Å². The summed E-state index contributed by atoms with van der Waals surface area (Å²) in [6, 6.07) is 0. The lowest BCUT2D eigenvalue weighted by Crippen LogP contribution is -2.30. The standard InChI is InChI=1S/C10H14N4O5/c1-3-4-6-9(14(18)19)8(12-13(6)2)10(17)11-5-7(15)16/h3-5H2,1-2H3,(H,11,17)(H,15,16). The number of aliphatic carboxylic acids is 1. The van der Waals surface area contributed by atoms with Crippen molar-refractivity contribution in [3.05, 3.63) is 21.5 Å². The first-order chi connectivity index (χ1) is 8.88. The summed E-state index contributed by atoms with van der Waals surface area (Å²) in [5, 5.41) is 25.3. The molecule has 0 unspecified atom stereocenters. The number of nitro groups is 1. The topological polar surface area (TPSA) is 127 Å². The normalized spacial score (nSPS) is 10.2. The number of carboxylic acid groups (broad SMARTS) is 1. The van der Waals surface area contributed by atoms with Gasteiger partial charge in [0, 0.05) is 7.05 Å². The number of carbonyl (C=O) groups is 2. The van der Waals surface area contributed by atoms with Crippen LogP contribution in [0.1, 0.15) is 29.5 Å². The van der Waals surface area contributed by atoms with E-state index in [1.165, 1.54) is 11.7 Å². The molecule has 9 nitrogen and oxygen atoms in total. The molecule has 1 heterocycles. The summed E-state index contributed by atoms with van der Waals surface area (Å²) in [6.45, 7) is 1.23. The lowest BCUT2D eigenvalue weighted by molar-refractivity contribution is -0.385. The van der Waals surface area contributed by atoms with E-state index in [0.717, 1.165) is 0 Å². The molecule has 1 aromatic heterocycles. The third-order valence-corrected chi connectivity index (χ3v) is 2.42. The van der Waals surface area contributed by atoms with Crippen molar-refractivity contribution in [1.82, 2.24) is 15.1 Å². The summed E-state index contributed by atoms with van der Waals surface area (Å²) in [7, 11) is 1.51. The van der Waals surface area contributed by atoms with Crippen LogP contribution in [-0.2, 0) is 18.3 Å². The van der Waals surface area contributed by atoms with Gasteiger partial charge in [-0.1, -0.05) is 13.3 Å². The fraction of sp³-hybridized carbons (Fsp3) is 0.500. The second-order valence-corrected chi connectivity index (χ2v) is 3.85. The fourth-order valence-electron chi connectivity index (χ4n) is 1.65. The molecule has 0 aromatic carbocycles. The van der Waals surface area contributed by atoms with Crippen molar-refractivity contribution >= 4 is 17.6 Å². The maximum Gasteiger partial charge on any atom is 0.323 e. The fourth-order valence-corrected chi connectivity index (χ4v) is 1.65. The van der Waals surface area contributed by atoms with Crippen LogP contribution in [0.3, 0.4) is 0 Å². The Bertz CT molecular complexity index is 522. The minimum Gasteiger partial charge on any atom is -0.480 e. The first-order valence-corrected chi connectivity index (χ1v) is 5.58. The first kappa shape index (κ1) is 14.6. The summed E-state index contributed by atoms with van der Waals surface area (Å²) < 4.78 is 1.28. The van der Waals surface area contributed by atoms with Gasteiger partial charge in [-0.05, 0) is 6.42 Å². The van der Waals surface area contributed by atoms with Gasteiger partial charge in [-0.3, -0.25) is 24.4 Å². The molecule has 1 rings (SSSR count). The minimum atomic E-state index is -1.24. The molecule has 0 aliphatic rings. The Kier molecular flexibility index (Phi) is 4.56. The molecule has 19 heavy (non-hydrogen) atoms. The molecule has 2 N–H and O–H groups in total. The van der Waals surface area contributed by atoms with E-state index in [0.29, 0.717) is 18.5 Å². The molecule has 1 amide bonds. The maximum atomic E-state index is 11.7. The molecule has 0 spiro atoms. The number of amides is 1. The molecule has 9 heteroatoms. The number of aromatic nitrogens is 2. The van der Waals surface area contributed by atoms with Gasteiger partial charge in [0.15, 0.2) is 0 Å². The van der Waals surface area contributed by atoms with Crippen LogP contribution < -0.4 is 5.32 Å². The number of nitrogens with zero attached hydrogens (tertiary/aromatic N) is 3. The van der Waals surface area contributed by atoms with E-state index in [-0.39, 0.29) is 11.4 Å². The number of hydrogen-bond acceptors (Lipinski definition) is 5. The number of hydrogen-bond donors (Lipinski definition) is 2. The van der Waals surface area contributed by atoms with Crippen molar-refractivity contribution in [3.8, 4) is 0 Å². The zero-order valence-electron chi connectivity index (χ0n) is 10.5. The molecule has 0 saturated heterocycles. The highest BCUT2D eigenvalue weighted by Gasteiger charge is 2.30. The van der Waals surface area contributed by atoms with Crippen LogP contribution in [0.2, 0.25) is 0 Å². The van der Waals surface area contributed by atoms with Crippen LogP contribution in [-0.4, -0.2) is 38.2 Å². The SMILES string of the molecule is CCCc1c([N+](=O)[O-])c(C(=O)NCC(=O)O)nn1C. The Morgan fingerprint density at radius 1 is 1.53 bits per heavy atom. The highest BCUT2D eigenvalue weighted by Crippen LogP contribution is 2.24. The van der Waals surface area contributed by atoms with Gasteiger partial charge in [-0.2, -0.15) is 5.10 Å². The molecule has 0 aliphatic heterocycles. The smallest absolute Gasteiger partial charge is 0.323 e. The van der Waals surface area contributed by atoms with Gasteiger partial charge in [0.25, 0.3) is 5.91 Å². The molecule has 0 atom stereocenters. The molecule has 0 radical (unpaired) electrons. The van der Waals surface area contributed by atoms with Crippen molar-refractivity contribution in [2.24, 2.45) is 7.05 Å². The Labute approximate surface area is 108 Å². The summed E-state index contributed by atoms with van der Waals surface area (Å²) in [5.74, 6) is -2.10. The monoisotopic (exact) mass is 270 g/mol. The lowest BCUT2D eigenvalue weighted by Gasteiger charge is -1.99. The van der Waals surface area contributed by atoms with E-state index < -0.39 is 23.3 Å². The van der Waals surface area contributed by atoms with E-state index in [1.807, 2.05) is 6.92 Å². The highest BCUT2D eigenvalue weighted by atomic mass is 16.6. The van der Waals surface area contributed by atoms with Crippen LogP contribution in [0.25, 0.3) is 0 Å². The van der Waals surface area contributed by atoms with Crippen molar-refractivity contribution in [3.63, 3.8) is 0 Å². The molecule has 0 aliphatic carbocycles. The second-order valence-electron chi connectivity index (χ2n) is 3.85. The summed E-state index contributed by atoms with van der Waals surface area (Å²) in [6.07, 6.45) is 1.07. The number of rotatable bonds is 6. The van der Waals surface area contributed by atoms with Crippen LogP contribution in [0, 0.1) is 10.1 Å². The summed E-state index contributed by atoms with van der Waals surface area (Å²) in [4.78, 5) is 32.4. The summed E-state index contributed by atoms with van der Waals surface area (Å²) >= 11 is 0. The van der Waals surface area contributed by atoms with Crippen molar-refractivity contribution in [1.29, 1.82) is 0 Å². The molecule has 1 aromatic rings. The van der Waals surface area contributed by atoms with Crippen LogP contribution >= 0.6 is 0 Å². The quantitative estimate of drug-likeness (QED) is 0.557. The van der Waals surface area contributed by atoms with Gasteiger partial charge >= 0.3 is 11.7 Å². The minimum absolute atomic E-state index is 0.341. The maximum absolute atomic E-state index is 11.7. The third kappa shape index (κ3) is 3.27. The zero-order chi connectivity index (χ0) is 14.6. The van der Waals surface area contributed by atoms with E-state index in [2.05, 4.69) is 10.4 Å². The predicted molar refractivity (Wildman–Crippen MR) is 63.8 cm³/mol. The van der Waals surface area contributed by atoms with E-state index in [9.17, 15) is 19.7 Å². The van der Waals surface area contributed by atoms with Gasteiger partial charge < -0.3 is 10.4 Å². The van der Waals surface area contributed by atoms with E-state index >= 15 is 0 Å². The van der Waals surface area contributed by atoms with Crippen LogP contribution in [0.15, 0.2) is 0 Å². The van der Waals surface area contributed by atoms with Gasteiger partial charge in [-0.25, -0.2) is 0 Å². The second kappa shape index (κ2) is 5.94. The molecule has 0 fully saturated rings. The molecular formula is C10H14N4O5. The van der Waals surface area contributed by atoms with Crippen LogP contribution in [0.5, 0.6) is 0 Å². The van der Waals surface area contributed by atoms with Gasteiger partial charge in [0.05, 0.1) is 4.92 Å². The Morgan fingerprint density at radius 2 is 2.16 bits per heavy atom. The lowest BCUT2D eigenvalue weighted by atomic mass is 10.2. The van der Waals surface area contributed by atoms with Crippen molar-refractivity contribution in [2.45, 2.75) is 19.8 Å².